The SMILES string of the molecule is CCn1c(SCC(=O)N(C)Cc2cc(Cl)ccc2OC)nnc1-c1cccc(C)c1. The average Bonchev–Trinajstić information content (AvgIpc) is 3.15. The molecule has 1 amide bonds. The molecule has 0 bridgehead atoms. The zero-order chi connectivity index (χ0) is 21.7. The molecule has 0 radical (unpaired) electrons. The van der Waals surface area contributed by atoms with Gasteiger partial charge >= 0.3 is 0 Å². The van der Waals surface area contributed by atoms with Crippen LogP contribution in [0.5, 0.6) is 5.75 Å². The largest absolute Gasteiger partial charge is 0.496 e. The minimum atomic E-state index is -0.00946. The van der Waals surface area contributed by atoms with Crippen LogP contribution in [-0.4, -0.2) is 45.5 Å². The van der Waals surface area contributed by atoms with Gasteiger partial charge in [-0.15, -0.1) is 10.2 Å². The van der Waals surface area contributed by atoms with Crippen LogP contribution >= 0.6 is 23.4 Å². The second-order valence-electron chi connectivity index (χ2n) is 6.91. The highest BCUT2D eigenvalue weighted by molar-refractivity contribution is 7.99. The molecule has 1 heterocycles. The van der Waals surface area contributed by atoms with Crippen molar-refractivity contribution in [1.29, 1.82) is 0 Å². The number of benzene rings is 2. The van der Waals surface area contributed by atoms with Crippen molar-refractivity contribution in [3.63, 3.8) is 0 Å². The number of aromatic nitrogens is 3. The maximum absolute atomic E-state index is 12.7. The Bertz CT molecular complexity index is 1040. The molecule has 0 spiro atoms. The third-order valence-corrected chi connectivity index (χ3v) is 5.90. The van der Waals surface area contributed by atoms with E-state index in [1.165, 1.54) is 17.3 Å². The third kappa shape index (κ3) is 5.15. The molecule has 8 heteroatoms. The van der Waals surface area contributed by atoms with Gasteiger partial charge in [-0.05, 0) is 38.1 Å². The van der Waals surface area contributed by atoms with Crippen molar-refractivity contribution in [3.8, 4) is 17.1 Å². The average molecular weight is 445 g/mol. The Morgan fingerprint density at radius 1 is 1.23 bits per heavy atom. The number of rotatable bonds is 8. The van der Waals surface area contributed by atoms with Gasteiger partial charge in [-0.3, -0.25) is 4.79 Å². The van der Waals surface area contributed by atoms with E-state index in [-0.39, 0.29) is 11.7 Å². The van der Waals surface area contributed by atoms with E-state index >= 15 is 0 Å². The molecule has 1 aromatic heterocycles. The molecule has 0 atom stereocenters. The summed E-state index contributed by atoms with van der Waals surface area (Å²) in [5.41, 5.74) is 3.05. The first-order valence-electron chi connectivity index (χ1n) is 9.62. The fraction of sp³-hybridized carbons (Fsp3) is 0.318. The number of methoxy groups -OCH3 is 1. The smallest absolute Gasteiger partial charge is 0.233 e. The molecule has 0 aliphatic carbocycles. The Morgan fingerprint density at radius 2 is 2.03 bits per heavy atom. The summed E-state index contributed by atoms with van der Waals surface area (Å²) in [6, 6.07) is 13.6. The van der Waals surface area contributed by atoms with Crippen LogP contribution in [0, 0.1) is 6.92 Å². The molecule has 0 unspecified atom stereocenters. The fourth-order valence-corrected chi connectivity index (χ4v) is 4.27. The first-order chi connectivity index (χ1) is 14.4. The number of hydrogen-bond acceptors (Lipinski definition) is 5. The summed E-state index contributed by atoms with van der Waals surface area (Å²) in [6.45, 7) is 5.24. The van der Waals surface area contributed by atoms with Crippen molar-refractivity contribution in [2.75, 3.05) is 19.9 Å². The van der Waals surface area contributed by atoms with Crippen LogP contribution < -0.4 is 4.74 Å². The fourth-order valence-electron chi connectivity index (χ4n) is 3.13. The van der Waals surface area contributed by atoms with Crippen molar-refractivity contribution in [2.24, 2.45) is 0 Å². The van der Waals surface area contributed by atoms with Gasteiger partial charge in [-0.1, -0.05) is 47.1 Å². The van der Waals surface area contributed by atoms with Crippen molar-refractivity contribution >= 4 is 29.3 Å². The molecule has 3 aromatic rings. The topological polar surface area (TPSA) is 60.2 Å². The predicted molar refractivity (Wildman–Crippen MR) is 121 cm³/mol. The van der Waals surface area contributed by atoms with Crippen LogP contribution in [0.3, 0.4) is 0 Å². The van der Waals surface area contributed by atoms with E-state index in [4.69, 9.17) is 16.3 Å². The summed E-state index contributed by atoms with van der Waals surface area (Å²) in [5.74, 6) is 1.78. The van der Waals surface area contributed by atoms with E-state index in [0.717, 1.165) is 28.7 Å². The van der Waals surface area contributed by atoms with E-state index in [2.05, 4.69) is 29.3 Å². The van der Waals surface area contributed by atoms with Crippen LogP contribution in [0.25, 0.3) is 11.4 Å². The van der Waals surface area contributed by atoms with Gasteiger partial charge in [0.05, 0.1) is 12.9 Å². The van der Waals surface area contributed by atoms with Crippen LogP contribution in [-0.2, 0) is 17.9 Å². The van der Waals surface area contributed by atoms with Gasteiger partial charge < -0.3 is 14.2 Å². The van der Waals surface area contributed by atoms with Crippen LogP contribution in [0.15, 0.2) is 47.6 Å². The minimum absolute atomic E-state index is 0.00946. The monoisotopic (exact) mass is 444 g/mol. The highest BCUT2D eigenvalue weighted by Crippen LogP contribution is 2.26. The normalized spacial score (nSPS) is 10.8. The first kappa shape index (κ1) is 22.2. The summed E-state index contributed by atoms with van der Waals surface area (Å²) in [5, 5.41) is 10.0. The molecule has 158 valence electrons. The Balaban J connectivity index is 1.68. The van der Waals surface area contributed by atoms with Crippen LogP contribution in [0.2, 0.25) is 5.02 Å². The number of ether oxygens (including phenoxy) is 1. The van der Waals surface area contributed by atoms with Gasteiger partial charge in [0.15, 0.2) is 11.0 Å². The zero-order valence-corrected chi connectivity index (χ0v) is 19.1. The number of amides is 1. The lowest BCUT2D eigenvalue weighted by Crippen LogP contribution is -2.28. The summed E-state index contributed by atoms with van der Waals surface area (Å²) in [4.78, 5) is 14.4. The highest BCUT2D eigenvalue weighted by atomic mass is 35.5. The van der Waals surface area contributed by atoms with Crippen LogP contribution in [0.1, 0.15) is 18.1 Å². The van der Waals surface area contributed by atoms with E-state index in [0.29, 0.717) is 17.3 Å². The third-order valence-electron chi connectivity index (χ3n) is 4.71. The maximum atomic E-state index is 12.7. The van der Waals surface area contributed by atoms with E-state index in [1.54, 1.807) is 31.2 Å². The molecule has 6 nitrogen and oxygen atoms in total. The molecule has 0 aliphatic heterocycles. The van der Waals surface area contributed by atoms with Gasteiger partial charge in [0.25, 0.3) is 0 Å². The van der Waals surface area contributed by atoms with Crippen molar-refractivity contribution in [3.05, 3.63) is 58.6 Å². The van der Waals surface area contributed by atoms with Crippen molar-refractivity contribution < 1.29 is 9.53 Å². The second-order valence-corrected chi connectivity index (χ2v) is 8.29. The molecule has 0 aliphatic rings. The standard InChI is InChI=1S/C22H25ClN4O2S/c1-5-27-21(16-8-6-7-15(2)11-16)24-25-22(27)30-14-20(28)26(3)13-17-12-18(23)9-10-19(17)29-4/h6-12H,5,13-14H2,1-4H3. The lowest BCUT2D eigenvalue weighted by atomic mass is 10.1. The maximum Gasteiger partial charge on any atom is 0.233 e. The second kappa shape index (κ2) is 10.00. The predicted octanol–water partition coefficient (Wildman–Crippen LogP) is 4.69. The van der Waals surface area contributed by atoms with E-state index < -0.39 is 0 Å². The molecule has 0 N–H and O–H groups in total. The molecule has 0 saturated carbocycles. The number of hydrogen-bond donors (Lipinski definition) is 0. The number of thioether (sulfide) groups is 1. The molecular weight excluding hydrogens is 420 g/mol. The Kier molecular flexibility index (Phi) is 7.39. The molecular formula is C22H25ClN4O2S. The van der Waals surface area contributed by atoms with Gasteiger partial charge in [0.1, 0.15) is 5.75 Å². The molecule has 0 saturated heterocycles. The Hall–Kier alpha value is -2.51. The quantitative estimate of drug-likeness (QED) is 0.472. The number of aryl methyl sites for hydroxylation is 1. The van der Waals surface area contributed by atoms with Gasteiger partial charge in [0, 0.05) is 36.3 Å². The lowest BCUT2D eigenvalue weighted by Gasteiger charge is -2.19. The zero-order valence-electron chi connectivity index (χ0n) is 17.6. The number of nitrogens with zero attached hydrogens (tertiary/aromatic N) is 4. The molecule has 3 rings (SSSR count). The number of halogens is 1. The molecule has 30 heavy (non-hydrogen) atoms. The summed E-state index contributed by atoms with van der Waals surface area (Å²) < 4.78 is 7.40. The Labute approximate surface area is 186 Å². The minimum Gasteiger partial charge on any atom is -0.496 e. The number of carbonyl (C=O) groups excluding carboxylic acids is 1. The Morgan fingerprint density at radius 3 is 2.73 bits per heavy atom. The summed E-state index contributed by atoms with van der Waals surface area (Å²) in [7, 11) is 3.37. The lowest BCUT2D eigenvalue weighted by molar-refractivity contribution is -0.127. The van der Waals surface area contributed by atoms with Gasteiger partial charge in [-0.2, -0.15) is 0 Å². The van der Waals surface area contributed by atoms with Crippen molar-refractivity contribution in [1.82, 2.24) is 19.7 Å². The number of carbonyl (C=O) groups is 1. The highest BCUT2D eigenvalue weighted by Gasteiger charge is 2.17. The van der Waals surface area contributed by atoms with E-state index in [1.807, 2.05) is 29.7 Å². The van der Waals surface area contributed by atoms with Crippen LogP contribution in [0.4, 0.5) is 0 Å². The van der Waals surface area contributed by atoms with Gasteiger partial charge in [0.2, 0.25) is 5.91 Å². The van der Waals surface area contributed by atoms with Crippen molar-refractivity contribution in [2.45, 2.75) is 32.1 Å². The van der Waals surface area contributed by atoms with Gasteiger partial charge in [-0.25, -0.2) is 0 Å². The molecule has 2 aromatic carbocycles. The summed E-state index contributed by atoms with van der Waals surface area (Å²) >= 11 is 7.49. The molecule has 0 fully saturated rings. The van der Waals surface area contributed by atoms with E-state index in [9.17, 15) is 4.79 Å². The summed E-state index contributed by atoms with van der Waals surface area (Å²) in [6.07, 6.45) is 0. The first-order valence-corrected chi connectivity index (χ1v) is 11.0.